The van der Waals surface area contributed by atoms with Gasteiger partial charge in [-0.15, -0.1) is 0 Å². The summed E-state index contributed by atoms with van der Waals surface area (Å²) in [5.41, 5.74) is 2.08. The van der Waals surface area contributed by atoms with Gasteiger partial charge in [-0.1, -0.05) is 25.5 Å². The van der Waals surface area contributed by atoms with E-state index in [1.807, 2.05) is 0 Å². The molecule has 0 aromatic heterocycles. The van der Waals surface area contributed by atoms with E-state index >= 15 is 0 Å². The summed E-state index contributed by atoms with van der Waals surface area (Å²) in [6, 6.07) is 0.353. The third-order valence-corrected chi connectivity index (χ3v) is 8.58. The summed E-state index contributed by atoms with van der Waals surface area (Å²) in [6.45, 7) is 5.49. The van der Waals surface area contributed by atoms with Gasteiger partial charge in [-0.05, 0) is 73.5 Å². The molecule has 0 aromatic carbocycles. The zero-order valence-corrected chi connectivity index (χ0v) is 15.5. The fourth-order valence-electron chi connectivity index (χ4n) is 7.18. The Morgan fingerprint density at radius 1 is 1.12 bits per heavy atom. The van der Waals surface area contributed by atoms with Gasteiger partial charge in [-0.25, -0.2) is 0 Å². The minimum absolute atomic E-state index is 0.0786. The van der Waals surface area contributed by atoms with Gasteiger partial charge in [-0.2, -0.15) is 0 Å². The number of allylic oxidation sites excluding steroid dienone is 1. The average molecular weight is 345 g/mol. The van der Waals surface area contributed by atoms with E-state index in [-0.39, 0.29) is 16.9 Å². The van der Waals surface area contributed by atoms with Crippen molar-refractivity contribution in [1.29, 1.82) is 0 Å². The highest BCUT2D eigenvalue weighted by Gasteiger charge is 2.58. The van der Waals surface area contributed by atoms with Gasteiger partial charge >= 0.3 is 0 Å². The highest BCUT2D eigenvalue weighted by molar-refractivity contribution is 5.47. The number of carbonyl (C=O) groups is 2. The molecular weight excluding hydrogens is 314 g/mol. The van der Waals surface area contributed by atoms with Gasteiger partial charge in [0, 0.05) is 12.5 Å². The molecule has 1 N–H and O–H groups in total. The van der Waals surface area contributed by atoms with Crippen LogP contribution in [-0.2, 0) is 14.3 Å². The Morgan fingerprint density at radius 3 is 2.72 bits per heavy atom. The summed E-state index contributed by atoms with van der Waals surface area (Å²) < 4.78 is 5.28. The van der Waals surface area contributed by atoms with Crippen molar-refractivity contribution in [2.75, 3.05) is 0 Å². The number of ether oxygens (including phenoxy) is 1. The van der Waals surface area contributed by atoms with Crippen molar-refractivity contribution in [1.82, 2.24) is 5.32 Å². The molecule has 3 fully saturated rings. The second kappa shape index (κ2) is 6.14. The molecule has 1 amide bonds. The van der Waals surface area contributed by atoms with Gasteiger partial charge in [0.25, 0.3) is 6.47 Å². The number of hydrogen-bond acceptors (Lipinski definition) is 3. The quantitative estimate of drug-likeness (QED) is 0.625. The molecule has 4 heteroatoms. The SMILES string of the molecule is CC12CCC(OC=O)CC1=CCC1C2CCC2(C)C(NC=O)CCC12. The standard InChI is InChI=1S/C21H31NO3/c1-20-9-7-15(25-13-24)11-14(20)3-4-16-17-5-6-19(22-12-23)21(17,2)10-8-18(16)20/h3,12-13,15-19H,4-11H2,1-2H3,(H,22,23). The minimum atomic E-state index is 0.0786. The van der Waals surface area contributed by atoms with Gasteiger partial charge in [0.1, 0.15) is 6.10 Å². The van der Waals surface area contributed by atoms with Crippen molar-refractivity contribution in [3.05, 3.63) is 11.6 Å². The van der Waals surface area contributed by atoms with Crippen molar-refractivity contribution in [2.45, 2.75) is 77.4 Å². The van der Waals surface area contributed by atoms with Gasteiger partial charge < -0.3 is 10.1 Å². The van der Waals surface area contributed by atoms with Crippen LogP contribution in [0.25, 0.3) is 0 Å². The Labute approximate surface area is 150 Å². The predicted molar refractivity (Wildman–Crippen MR) is 95.6 cm³/mol. The maximum absolute atomic E-state index is 11.0. The first kappa shape index (κ1) is 17.1. The summed E-state index contributed by atoms with van der Waals surface area (Å²) in [7, 11) is 0. The van der Waals surface area contributed by atoms with E-state index in [9.17, 15) is 9.59 Å². The summed E-state index contributed by atoms with van der Waals surface area (Å²) in [4.78, 5) is 21.7. The number of hydrogen-bond donors (Lipinski definition) is 1. The van der Waals surface area contributed by atoms with Crippen LogP contribution in [0.5, 0.6) is 0 Å². The molecule has 0 radical (unpaired) electrons. The fourth-order valence-corrected chi connectivity index (χ4v) is 7.18. The van der Waals surface area contributed by atoms with Crippen LogP contribution < -0.4 is 5.32 Å². The Balaban J connectivity index is 1.59. The minimum Gasteiger partial charge on any atom is -0.464 e. The monoisotopic (exact) mass is 345 g/mol. The molecule has 25 heavy (non-hydrogen) atoms. The third-order valence-electron chi connectivity index (χ3n) is 8.58. The van der Waals surface area contributed by atoms with Crippen molar-refractivity contribution in [2.24, 2.45) is 28.6 Å². The molecule has 4 aliphatic rings. The van der Waals surface area contributed by atoms with Gasteiger partial charge in [-0.3, -0.25) is 9.59 Å². The number of carbonyl (C=O) groups excluding carboxylic acids is 2. The number of nitrogens with one attached hydrogen (secondary N) is 1. The average Bonchev–Trinajstić information content (AvgIpc) is 2.93. The van der Waals surface area contributed by atoms with E-state index in [4.69, 9.17) is 4.74 Å². The maximum Gasteiger partial charge on any atom is 0.293 e. The molecule has 138 valence electrons. The maximum atomic E-state index is 11.0. The molecule has 0 aromatic rings. The summed E-state index contributed by atoms with van der Waals surface area (Å²) in [5.74, 6) is 2.22. The van der Waals surface area contributed by atoms with Crippen LogP contribution in [0.15, 0.2) is 11.6 Å². The fraction of sp³-hybridized carbons (Fsp3) is 0.810. The number of rotatable bonds is 4. The molecule has 7 atom stereocenters. The largest absolute Gasteiger partial charge is 0.464 e. The zero-order chi connectivity index (χ0) is 17.7. The first-order chi connectivity index (χ1) is 12.0. The lowest BCUT2D eigenvalue weighted by Gasteiger charge is -2.58. The van der Waals surface area contributed by atoms with Crippen LogP contribution in [0.1, 0.15) is 65.2 Å². The van der Waals surface area contributed by atoms with Crippen molar-refractivity contribution >= 4 is 12.9 Å². The van der Waals surface area contributed by atoms with E-state index in [0.29, 0.717) is 12.5 Å². The molecule has 0 spiro atoms. The van der Waals surface area contributed by atoms with Crippen LogP contribution in [-0.4, -0.2) is 25.0 Å². The van der Waals surface area contributed by atoms with E-state index in [2.05, 4.69) is 25.2 Å². The highest BCUT2D eigenvalue weighted by atomic mass is 16.5. The van der Waals surface area contributed by atoms with Crippen LogP contribution in [0.2, 0.25) is 0 Å². The van der Waals surface area contributed by atoms with Crippen LogP contribution in [0, 0.1) is 28.6 Å². The zero-order valence-electron chi connectivity index (χ0n) is 15.5. The van der Waals surface area contributed by atoms with E-state index < -0.39 is 0 Å². The second-order valence-corrected chi connectivity index (χ2v) is 9.32. The smallest absolute Gasteiger partial charge is 0.293 e. The molecule has 0 heterocycles. The first-order valence-corrected chi connectivity index (χ1v) is 10.0. The predicted octanol–water partition coefficient (Wildman–Crippen LogP) is 3.61. The second-order valence-electron chi connectivity index (χ2n) is 9.32. The Bertz CT molecular complexity index is 588. The van der Waals surface area contributed by atoms with Crippen LogP contribution >= 0.6 is 0 Å². The molecule has 0 aliphatic heterocycles. The molecule has 4 rings (SSSR count). The molecule has 7 unspecified atom stereocenters. The van der Waals surface area contributed by atoms with Gasteiger partial charge in [0.2, 0.25) is 6.41 Å². The lowest BCUT2D eigenvalue weighted by Crippen LogP contribution is -2.53. The normalized spacial score (nSPS) is 48.4. The Morgan fingerprint density at radius 2 is 1.96 bits per heavy atom. The molecule has 3 saturated carbocycles. The summed E-state index contributed by atoms with van der Waals surface area (Å²) >= 11 is 0. The van der Waals surface area contributed by atoms with E-state index in [1.54, 1.807) is 0 Å². The lowest BCUT2D eigenvalue weighted by molar-refractivity contribution is -0.136. The number of fused-ring (bicyclic) bond motifs is 5. The van der Waals surface area contributed by atoms with Crippen LogP contribution in [0.4, 0.5) is 0 Å². The summed E-state index contributed by atoms with van der Waals surface area (Å²) in [6.07, 6.45) is 12.5. The van der Waals surface area contributed by atoms with Crippen molar-refractivity contribution < 1.29 is 14.3 Å². The third kappa shape index (κ3) is 2.47. The highest BCUT2D eigenvalue weighted by Crippen LogP contribution is 2.64. The van der Waals surface area contributed by atoms with Crippen LogP contribution in [0.3, 0.4) is 0 Å². The molecule has 0 bridgehead atoms. The van der Waals surface area contributed by atoms with Gasteiger partial charge in [0.05, 0.1) is 0 Å². The van der Waals surface area contributed by atoms with Crippen molar-refractivity contribution in [3.8, 4) is 0 Å². The number of amides is 1. The summed E-state index contributed by atoms with van der Waals surface area (Å²) in [5, 5.41) is 3.12. The Kier molecular flexibility index (Phi) is 4.20. The van der Waals surface area contributed by atoms with Crippen molar-refractivity contribution in [3.63, 3.8) is 0 Å². The molecule has 4 nitrogen and oxygen atoms in total. The first-order valence-electron chi connectivity index (χ1n) is 10.0. The van der Waals surface area contributed by atoms with Gasteiger partial charge in [0.15, 0.2) is 0 Å². The lowest BCUT2D eigenvalue weighted by atomic mass is 9.48. The molecule has 4 aliphatic carbocycles. The Hall–Kier alpha value is -1.32. The molecule has 0 saturated heterocycles. The topological polar surface area (TPSA) is 55.4 Å². The van der Waals surface area contributed by atoms with E-state index in [1.165, 1.54) is 24.8 Å². The van der Waals surface area contributed by atoms with E-state index in [0.717, 1.165) is 56.3 Å². The molecular formula is C21H31NO3.